The minimum absolute atomic E-state index is 0.0673. The molecule has 34 heavy (non-hydrogen) atoms. The maximum Gasteiger partial charge on any atom is 0.258 e. The van der Waals surface area contributed by atoms with Gasteiger partial charge in [0.1, 0.15) is 0 Å². The highest BCUT2D eigenvalue weighted by Crippen LogP contribution is 2.29. The van der Waals surface area contributed by atoms with Crippen LogP contribution in [0.1, 0.15) is 28.4 Å². The van der Waals surface area contributed by atoms with Crippen LogP contribution in [-0.2, 0) is 21.2 Å². The van der Waals surface area contributed by atoms with Gasteiger partial charge in [-0.3, -0.25) is 9.59 Å². The fourth-order valence-corrected chi connectivity index (χ4v) is 4.83. The predicted octanol–water partition coefficient (Wildman–Crippen LogP) is 3.84. The van der Waals surface area contributed by atoms with Gasteiger partial charge in [0.15, 0.2) is 0 Å². The number of carbonyl (C=O) groups excluding carboxylic acids is 2. The molecular weight excluding hydrogens is 450 g/mol. The van der Waals surface area contributed by atoms with Crippen LogP contribution in [0.5, 0.6) is 0 Å². The predicted molar refractivity (Wildman–Crippen MR) is 133 cm³/mol. The van der Waals surface area contributed by atoms with Crippen molar-refractivity contribution in [1.82, 2.24) is 4.72 Å². The van der Waals surface area contributed by atoms with Crippen molar-refractivity contribution in [3.63, 3.8) is 0 Å². The first kappa shape index (κ1) is 23.4. The number of nitrogens with one attached hydrogen (secondary N) is 2. The van der Waals surface area contributed by atoms with Crippen molar-refractivity contribution in [3.8, 4) is 0 Å². The summed E-state index contributed by atoms with van der Waals surface area (Å²) in [5.41, 5.74) is 3.93. The number of para-hydroxylation sites is 1. The average Bonchev–Trinajstić information content (AvgIpc) is 3.27. The standard InChI is InChI=1S/C26H25N3O4S/c1-2-27-34(32,33)23-14-7-19(8-15-23)9-16-25(30)28-22-12-10-21(11-13-22)26(31)29-18-17-20-5-3-4-6-24(20)29/h3-16,27H,2,17-18H2,1H3,(H,28,30)/b16-9+. The Morgan fingerprint density at radius 2 is 1.68 bits per heavy atom. The summed E-state index contributed by atoms with van der Waals surface area (Å²) in [4.78, 5) is 27.1. The van der Waals surface area contributed by atoms with E-state index in [2.05, 4.69) is 10.0 Å². The average molecular weight is 476 g/mol. The molecule has 0 bridgehead atoms. The van der Waals surface area contributed by atoms with Crippen LogP contribution in [0.4, 0.5) is 11.4 Å². The topological polar surface area (TPSA) is 95.6 Å². The number of carbonyl (C=O) groups is 2. The zero-order valence-electron chi connectivity index (χ0n) is 18.7. The lowest BCUT2D eigenvalue weighted by atomic mass is 10.1. The minimum atomic E-state index is -3.51. The molecule has 7 nitrogen and oxygen atoms in total. The second-order valence-electron chi connectivity index (χ2n) is 7.81. The Morgan fingerprint density at radius 1 is 0.971 bits per heavy atom. The van der Waals surface area contributed by atoms with E-state index in [1.54, 1.807) is 54.3 Å². The smallest absolute Gasteiger partial charge is 0.258 e. The third-order valence-electron chi connectivity index (χ3n) is 5.48. The quantitative estimate of drug-likeness (QED) is 0.508. The summed E-state index contributed by atoms with van der Waals surface area (Å²) in [5.74, 6) is -0.404. The number of benzene rings is 3. The van der Waals surface area contributed by atoms with Gasteiger partial charge in [0.05, 0.1) is 4.90 Å². The molecule has 3 aromatic rings. The number of amides is 2. The van der Waals surface area contributed by atoms with Crippen LogP contribution in [0.25, 0.3) is 6.08 Å². The van der Waals surface area contributed by atoms with Crippen LogP contribution in [-0.4, -0.2) is 33.3 Å². The van der Waals surface area contributed by atoms with Crippen LogP contribution in [0.2, 0.25) is 0 Å². The van der Waals surface area contributed by atoms with E-state index in [0.717, 1.165) is 12.1 Å². The highest BCUT2D eigenvalue weighted by Gasteiger charge is 2.25. The molecule has 4 rings (SSSR count). The normalized spacial score (nSPS) is 13.1. The molecule has 0 aromatic heterocycles. The molecule has 1 heterocycles. The lowest BCUT2D eigenvalue weighted by Crippen LogP contribution is -2.28. The number of sulfonamides is 1. The molecule has 0 unspecified atom stereocenters. The maximum absolute atomic E-state index is 12.9. The van der Waals surface area contributed by atoms with Crippen LogP contribution in [0.15, 0.2) is 83.8 Å². The van der Waals surface area contributed by atoms with E-state index in [4.69, 9.17) is 0 Å². The number of hydrogen-bond acceptors (Lipinski definition) is 4. The fraction of sp³-hybridized carbons (Fsp3) is 0.154. The first-order valence-corrected chi connectivity index (χ1v) is 12.4. The summed E-state index contributed by atoms with van der Waals surface area (Å²) in [6, 6.07) is 20.9. The van der Waals surface area contributed by atoms with E-state index < -0.39 is 10.0 Å². The van der Waals surface area contributed by atoms with E-state index in [1.165, 1.54) is 23.8 Å². The van der Waals surface area contributed by atoms with Crippen LogP contribution in [0, 0.1) is 0 Å². The molecule has 0 fully saturated rings. The molecule has 1 aliphatic rings. The maximum atomic E-state index is 12.9. The summed E-state index contributed by atoms with van der Waals surface area (Å²) in [5, 5.41) is 2.76. The summed E-state index contributed by atoms with van der Waals surface area (Å²) in [6.45, 7) is 2.68. The minimum Gasteiger partial charge on any atom is -0.323 e. The fourth-order valence-electron chi connectivity index (χ4n) is 3.79. The van der Waals surface area contributed by atoms with Crippen molar-refractivity contribution in [2.75, 3.05) is 23.3 Å². The van der Waals surface area contributed by atoms with Crippen molar-refractivity contribution < 1.29 is 18.0 Å². The SMILES string of the molecule is CCNS(=O)(=O)c1ccc(/C=C/C(=O)Nc2ccc(C(=O)N3CCc4ccccc43)cc2)cc1. The van der Waals surface area contributed by atoms with E-state index in [-0.39, 0.29) is 16.7 Å². The van der Waals surface area contributed by atoms with Gasteiger partial charge in [-0.2, -0.15) is 0 Å². The highest BCUT2D eigenvalue weighted by atomic mass is 32.2. The monoisotopic (exact) mass is 475 g/mol. The summed E-state index contributed by atoms with van der Waals surface area (Å²) < 4.78 is 26.4. The molecule has 0 spiro atoms. The zero-order valence-corrected chi connectivity index (χ0v) is 19.5. The van der Waals surface area contributed by atoms with Crippen LogP contribution in [0.3, 0.4) is 0 Å². The number of hydrogen-bond donors (Lipinski definition) is 2. The van der Waals surface area contributed by atoms with Gasteiger partial charge >= 0.3 is 0 Å². The molecule has 2 amide bonds. The Bertz CT molecular complexity index is 1330. The lowest BCUT2D eigenvalue weighted by molar-refractivity contribution is -0.111. The van der Waals surface area contributed by atoms with Crippen molar-refractivity contribution in [2.45, 2.75) is 18.2 Å². The molecule has 3 aromatic carbocycles. The van der Waals surface area contributed by atoms with Crippen molar-refractivity contribution in [1.29, 1.82) is 0 Å². The van der Waals surface area contributed by atoms with Gasteiger partial charge in [-0.25, -0.2) is 13.1 Å². The van der Waals surface area contributed by atoms with Gasteiger partial charge in [-0.15, -0.1) is 0 Å². The zero-order chi connectivity index (χ0) is 24.1. The van der Waals surface area contributed by atoms with Gasteiger partial charge in [-0.05, 0) is 66.1 Å². The highest BCUT2D eigenvalue weighted by molar-refractivity contribution is 7.89. The van der Waals surface area contributed by atoms with E-state index in [1.807, 2.05) is 24.3 Å². The molecule has 8 heteroatoms. The van der Waals surface area contributed by atoms with Gasteiger partial charge in [0.25, 0.3) is 5.91 Å². The van der Waals surface area contributed by atoms with E-state index >= 15 is 0 Å². The van der Waals surface area contributed by atoms with Crippen molar-refractivity contribution in [2.24, 2.45) is 0 Å². The third-order valence-corrected chi connectivity index (χ3v) is 7.05. The Kier molecular flexibility index (Phi) is 6.90. The molecule has 2 N–H and O–H groups in total. The molecule has 0 saturated heterocycles. The van der Waals surface area contributed by atoms with Crippen LogP contribution < -0.4 is 14.9 Å². The Labute approximate surface area is 199 Å². The largest absolute Gasteiger partial charge is 0.323 e. The molecular formula is C26H25N3O4S. The molecule has 0 atom stereocenters. The number of fused-ring (bicyclic) bond motifs is 1. The summed E-state index contributed by atoms with van der Waals surface area (Å²) in [7, 11) is -3.51. The van der Waals surface area contributed by atoms with Crippen LogP contribution >= 0.6 is 0 Å². The second-order valence-corrected chi connectivity index (χ2v) is 9.57. The van der Waals surface area contributed by atoms with Crippen molar-refractivity contribution >= 4 is 39.3 Å². The number of anilines is 2. The van der Waals surface area contributed by atoms with Gasteiger partial charge in [-0.1, -0.05) is 37.3 Å². The molecule has 0 radical (unpaired) electrons. The second kappa shape index (κ2) is 10.0. The van der Waals surface area contributed by atoms with Gasteiger partial charge in [0, 0.05) is 36.1 Å². The third kappa shape index (κ3) is 5.24. The van der Waals surface area contributed by atoms with E-state index in [9.17, 15) is 18.0 Å². The van der Waals surface area contributed by atoms with Gasteiger partial charge in [0.2, 0.25) is 15.9 Å². The summed E-state index contributed by atoms with van der Waals surface area (Å²) >= 11 is 0. The molecule has 174 valence electrons. The summed E-state index contributed by atoms with van der Waals surface area (Å²) in [6.07, 6.45) is 3.81. The van der Waals surface area contributed by atoms with E-state index in [0.29, 0.717) is 29.9 Å². The number of rotatable bonds is 7. The molecule has 1 aliphatic heterocycles. The van der Waals surface area contributed by atoms with Gasteiger partial charge < -0.3 is 10.2 Å². The first-order valence-electron chi connectivity index (χ1n) is 11.0. The van der Waals surface area contributed by atoms with Crippen molar-refractivity contribution in [3.05, 3.63) is 95.6 Å². The number of nitrogens with zero attached hydrogens (tertiary/aromatic N) is 1. The Balaban J connectivity index is 1.36. The lowest BCUT2D eigenvalue weighted by Gasteiger charge is -2.17. The Morgan fingerprint density at radius 3 is 2.38 bits per heavy atom. The molecule has 0 saturated carbocycles. The Hall–Kier alpha value is -3.75. The first-order chi connectivity index (χ1) is 16.4. The molecule has 0 aliphatic carbocycles.